The third kappa shape index (κ3) is 3.95. The van der Waals surface area contributed by atoms with Crippen LogP contribution in [0.15, 0.2) is 64.9 Å². The number of Topliss-reactive ketones (excluding diaryl/α,β-unsaturated/α-hetero) is 1. The molecule has 1 aromatic carbocycles. The molecule has 3 N–H and O–H groups in total. The topological polar surface area (TPSA) is 126 Å². The second-order valence-corrected chi connectivity index (χ2v) is 8.93. The Balaban J connectivity index is 1.55. The zero-order valence-corrected chi connectivity index (χ0v) is 19.1. The Morgan fingerprint density at radius 2 is 1.94 bits per heavy atom. The number of hydrogen-bond acceptors (Lipinski definition) is 6. The maximum absolute atomic E-state index is 13.0. The fourth-order valence-corrected chi connectivity index (χ4v) is 4.27. The van der Waals surface area contributed by atoms with Crippen molar-refractivity contribution < 1.29 is 9.59 Å². The largest absolute Gasteiger partial charge is 0.360 e. The molecule has 0 saturated carbocycles. The van der Waals surface area contributed by atoms with E-state index >= 15 is 0 Å². The minimum Gasteiger partial charge on any atom is -0.360 e. The summed E-state index contributed by atoms with van der Waals surface area (Å²) in [6, 6.07) is 14.1. The Morgan fingerprint density at radius 3 is 2.71 bits per heavy atom. The lowest BCUT2D eigenvalue weighted by molar-refractivity contribution is -0.112. The van der Waals surface area contributed by atoms with Crippen LogP contribution in [0.5, 0.6) is 0 Å². The molecule has 0 fully saturated rings. The van der Waals surface area contributed by atoms with Crippen molar-refractivity contribution in [1.82, 2.24) is 24.7 Å². The second-order valence-electron chi connectivity index (χ2n) is 7.98. The molecular formula is C24H20N6O3S. The third-order valence-corrected chi connectivity index (χ3v) is 6.20. The lowest BCUT2D eigenvalue weighted by Crippen LogP contribution is -2.25. The van der Waals surface area contributed by atoms with Gasteiger partial charge in [0.2, 0.25) is 5.95 Å². The van der Waals surface area contributed by atoms with Crippen LogP contribution < -0.4 is 10.9 Å². The molecule has 0 aliphatic carbocycles. The van der Waals surface area contributed by atoms with Crippen LogP contribution in [0, 0.1) is 0 Å². The van der Waals surface area contributed by atoms with E-state index in [2.05, 4.69) is 25.4 Å². The van der Waals surface area contributed by atoms with Gasteiger partial charge in [0.15, 0.2) is 0 Å². The highest BCUT2D eigenvalue weighted by Crippen LogP contribution is 2.28. The summed E-state index contributed by atoms with van der Waals surface area (Å²) in [5.74, 6) is -1.15. The van der Waals surface area contributed by atoms with Crippen molar-refractivity contribution >= 4 is 39.7 Å². The van der Waals surface area contributed by atoms with Gasteiger partial charge in [-0.3, -0.25) is 19.4 Å². The molecule has 0 unspecified atom stereocenters. The first-order valence-electron chi connectivity index (χ1n) is 10.6. The number of amides is 1. The number of aromatic amines is 2. The number of ketones is 1. The van der Waals surface area contributed by atoms with Crippen LogP contribution in [0.1, 0.15) is 35.8 Å². The van der Waals surface area contributed by atoms with Crippen LogP contribution in [0.2, 0.25) is 0 Å². The smallest absolute Gasteiger partial charge is 0.298 e. The molecule has 0 atom stereocenters. The Bertz CT molecular complexity index is 1580. The Kier molecular flexibility index (Phi) is 5.42. The second kappa shape index (κ2) is 8.56. The van der Waals surface area contributed by atoms with E-state index in [0.717, 1.165) is 10.4 Å². The molecule has 0 bridgehead atoms. The van der Waals surface area contributed by atoms with Crippen LogP contribution in [-0.2, 0) is 4.79 Å². The molecule has 170 valence electrons. The van der Waals surface area contributed by atoms with Crippen molar-refractivity contribution in [3.05, 3.63) is 81.7 Å². The lowest BCUT2D eigenvalue weighted by Gasteiger charge is -2.10. The summed E-state index contributed by atoms with van der Waals surface area (Å²) in [7, 11) is 0. The fraction of sp³-hybridized carbons (Fsp3) is 0.125. The Labute approximate surface area is 197 Å². The molecule has 34 heavy (non-hydrogen) atoms. The number of rotatable bonds is 6. The van der Waals surface area contributed by atoms with Crippen LogP contribution in [-0.4, -0.2) is 36.4 Å². The normalized spacial score (nSPS) is 11.3. The highest BCUT2D eigenvalue weighted by atomic mass is 32.1. The first kappa shape index (κ1) is 21.5. The van der Waals surface area contributed by atoms with Crippen LogP contribution in [0.3, 0.4) is 0 Å². The van der Waals surface area contributed by atoms with E-state index in [9.17, 15) is 14.4 Å². The van der Waals surface area contributed by atoms with Crippen molar-refractivity contribution in [2.75, 3.05) is 5.32 Å². The molecule has 0 aliphatic rings. The molecule has 9 nitrogen and oxygen atoms in total. The van der Waals surface area contributed by atoms with E-state index in [4.69, 9.17) is 0 Å². The van der Waals surface area contributed by atoms with Crippen LogP contribution >= 0.6 is 11.3 Å². The predicted octanol–water partition coefficient (Wildman–Crippen LogP) is 4.11. The van der Waals surface area contributed by atoms with E-state index in [1.165, 1.54) is 28.3 Å². The first-order valence-corrected chi connectivity index (χ1v) is 11.5. The number of hydrogen-bond donors (Lipinski definition) is 3. The number of H-pyrrole nitrogens is 2. The summed E-state index contributed by atoms with van der Waals surface area (Å²) in [5, 5.41) is 9.77. The molecule has 0 radical (unpaired) electrons. The van der Waals surface area contributed by atoms with Crippen LogP contribution in [0.4, 0.5) is 5.82 Å². The molecule has 1 amide bonds. The van der Waals surface area contributed by atoms with Gasteiger partial charge in [-0.25, -0.2) is 4.98 Å². The number of fused-ring (bicyclic) bond motifs is 1. The van der Waals surface area contributed by atoms with Gasteiger partial charge in [0.05, 0.1) is 16.1 Å². The monoisotopic (exact) mass is 472 g/mol. The van der Waals surface area contributed by atoms with E-state index in [0.29, 0.717) is 16.8 Å². The average molecular weight is 473 g/mol. The van der Waals surface area contributed by atoms with Gasteiger partial charge in [0.1, 0.15) is 11.5 Å². The summed E-state index contributed by atoms with van der Waals surface area (Å²) in [6.07, 6.45) is 1.52. The van der Waals surface area contributed by atoms with Crippen molar-refractivity contribution in [3.63, 3.8) is 0 Å². The first-order chi connectivity index (χ1) is 16.4. The van der Waals surface area contributed by atoms with E-state index in [1.807, 2.05) is 43.5 Å². The molecule has 0 aliphatic heterocycles. The SMILES string of the molecule is CC(C)c1cc(=O)[nH]c(-n2nc(-c3cccs3)cc2NC(=O)C(=O)c2c[nH]c3ccccc23)n1. The molecule has 4 aromatic heterocycles. The van der Waals surface area contributed by atoms with Crippen molar-refractivity contribution in [2.24, 2.45) is 0 Å². The molecular weight excluding hydrogens is 452 g/mol. The number of carbonyl (C=O) groups is 2. The number of thiophene rings is 1. The lowest BCUT2D eigenvalue weighted by atomic mass is 10.1. The number of benzene rings is 1. The summed E-state index contributed by atoms with van der Waals surface area (Å²) in [5.41, 5.74) is 1.84. The number of aromatic nitrogens is 5. The quantitative estimate of drug-likeness (QED) is 0.253. The summed E-state index contributed by atoms with van der Waals surface area (Å²) >= 11 is 1.48. The summed E-state index contributed by atoms with van der Waals surface area (Å²) in [4.78, 5) is 49.3. The third-order valence-electron chi connectivity index (χ3n) is 5.31. The Hall–Kier alpha value is -4.31. The molecule has 5 rings (SSSR count). The number of anilines is 1. The highest BCUT2D eigenvalue weighted by Gasteiger charge is 2.23. The minimum absolute atomic E-state index is 0.00914. The molecule has 0 spiro atoms. The highest BCUT2D eigenvalue weighted by molar-refractivity contribution is 7.13. The predicted molar refractivity (Wildman–Crippen MR) is 131 cm³/mol. The number of nitrogens with zero attached hydrogens (tertiary/aromatic N) is 3. The van der Waals surface area contributed by atoms with E-state index < -0.39 is 11.7 Å². The van der Waals surface area contributed by atoms with Crippen LogP contribution in [0.25, 0.3) is 27.4 Å². The number of para-hydroxylation sites is 1. The minimum atomic E-state index is -0.828. The molecule has 4 heterocycles. The van der Waals surface area contributed by atoms with Gasteiger partial charge in [-0.15, -0.1) is 11.3 Å². The molecule has 0 saturated heterocycles. The maximum Gasteiger partial charge on any atom is 0.298 e. The molecule has 5 aromatic rings. The Morgan fingerprint density at radius 1 is 1.12 bits per heavy atom. The standard InChI is InChI=1S/C24H20N6O3S/c1-13(2)17-11-21(31)28-24(26-17)30-20(10-18(29-30)19-8-5-9-34-19)27-23(33)22(32)15-12-25-16-7-4-3-6-14(15)16/h3-13,25H,1-2H3,(H,27,33)(H,26,28,31). The van der Waals surface area contributed by atoms with E-state index in [1.54, 1.807) is 18.2 Å². The molecule has 10 heteroatoms. The van der Waals surface area contributed by atoms with Gasteiger partial charge >= 0.3 is 0 Å². The van der Waals surface area contributed by atoms with Gasteiger partial charge in [0, 0.05) is 29.2 Å². The summed E-state index contributed by atoms with van der Waals surface area (Å²) in [6.45, 7) is 3.85. The zero-order chi connectivity index (χ0) is 23.8. The van der Waals surface area contributed by atoms with E-state index in [-0.39, 0.29) is 28.8 Å². The summed E-state index contributed by atoms with van der Waals surface area (Å²) < 4.78 is 1.34. The fourth-order valence-electron chi connectivity index (χ4n) is 3.59. The van der Waals surface area contributed by atoms with Gasteiger partial charge in [-0.2, -0.15) is 9.78 Å². The zero-order valence-electron chi connectivity index (χ0n) is 18.3. The van der Waals surface area contributed by atoms with Gasteiger partial charge in [-0.1, -0.05) is 38.1 Å². The van der Waals surface area contributed by atoms with Crippen molar-refractivity contribution in [3.8, 4) is 16.5 Å². The average Bonchev–Trinajstić information content (AvgIpc) is 3.57. The maximum atomic E-state index is 13.0. The van der Waals surface area contributed by atoms with Gasteiger partial charge < -0.3 is 10.3 Å². The van der Waals surface area contributed by atoms with Gasteiger partial charge in [-0.05, 0) is 23.4 Å². The van der Waals surface area contributed by atoms with Crippen molar-refractivity contribution in [2.45, 2.75) is 19.8 Å². The van der Waals surface area contributed by atoms with Gasteiger partial charge in [0.25, 0.3) is 17.2 Å². The number of nitrogens with one attached hydrogen (secondary N) is 3. The number of carbonyl (C=O) groups excluding carboxylic acids is 2. The van der Waals surface area contributed by atoms with Crippen molar-refractivity contribution in [1.29, 1.82) is 0 Å².